The van der Waals surface area contributed by atoms with Crippen LogP contribution in [0.15, 0.2) is 11.8 Å². The van der Waals surface area contributed by atoms with Crippen LogP contribution in [0.1, 0.15) is 34.1 Å². The second-order valence-electron chi connectivity index (χ2n) is 4.67. The van der Waals surface area contributed by atoms with E-state index in [-0.39, 0.29) is 0 Å². The molecule has 0 saturated heterocycles. The third-order valence-electron chi connectivity index (χ3n) is 3.50. The summed E-state index contributed by atoms with van der Waals surface area (Å²) in [7, 11) is 1.73. The minimum atomic E-state index is 0.448. The van der Waals surface area contributed by atoms with Gasteiger partial charge in [-0.3, -0.25) is 0 Å². The largest absolute Gasteiger partial charge is 0.504 e. The number of methoxy groups -OCH3 is 1. The van der Waals surface area contributed by atoms with E-state index in [1.54, 1.807) is 7.11 Å². The molecular formula is C11H20O. The lowest BCUT2D eigenvalue weighted by Gasteiger charge is -2.24. The maximum Gasteiger partial charge on any atom is 0.0819 e. The van der Waals surface area contributed by atoms with Gasteiger partial charge in [0.25, 0.3) is 0 Å². The normalized spacial score (nSPS) is 37.2. The molecule has 0 bridgehead atoms. The van der Waals surface area contributed by atoms with E-state index in [1.807, 2.05) is 6.26 Å². The monoisotopic (exact) mass is 168 g/mol. The van der Waals surface area contributed by atoms with Crippen LogP contribution in [0.5, 0.6) is 0 Å². The minimum Gasteiger partial charge on any atom is -0.504 e. The van der Waals surface area contributed by atoms with Crippen molar-refractivity contribution in [2.45, 2.75) is 34.1 Å². The molecule has 1 nitrogen and oxygen atoms in total. The maximum atomic E-state index is 5.08. The molecule has 0 spiro atoms. The van der Waals surface area contributed by atoms with E-state index in [2.05, 4.69) is 27.7 Å². The first-order valence-electron chi connectivity index (χ1n) is 4.71. The standard InChI is InChI=1S/C11H20O/c1-8-9(2)11(3,4)6-10(8)7-12-5/h7-9H,6H2,1-5H3/t8-,9+/m1/s1. The summed E-state index contributed by atoms with van der Waals surface area (Å²) in [6.07, 6.45) is 3.11. The van der Waals surface area contributed by atoms with Gasteiger partial charge in [-0.25, -0.2) is 0 Å². The Hall–Kier alpha value is -0.460. The molecule has 1 heteroatoms. The van der Waals surface area contributed by atoms with Crippen LogP contribution in [0.2, 0.25) is 0 Å². The predicted molar refractivity (Wildman–Crippen MR) is 51.8 cm³/mol. The van der Waals surface area contributed by atoms with Crippen LogP contribution >= 0.6 is 0 Å². The molecule has 1 rings (SSSR count). The molecule has 0 heterocycles. The Bertz CT molecular complexity index is 191. The van der Waals surface area contributed by atoms with E-state index in [0.29, 0.717) is 11.3 Å². The Balaban J connectivity index is 2.81. The molecule has 70 valence electrons. The molecule has 1 saturated carbocycles. The summed E-state index contributed by atoms with van der Waals surface area (Å²) in [5.41, 5.74) is 1.92. The molecule has 2 atom stereocenters. The Morgan fingerprint density at radius 2 is 2.00 bits per heavy atom. The fraction of sp³-hybridized carbons (Fsp3) is 0.818. The summed E-state index contributed by atoms with van der Waals surface area (Å²) in [6, 6.07) is 0. The van der Waals surface area contributed by atoms with Crippen LogP contribution in [0.4, 0.5) is 0 Å². The molecule has 1 aliphatic rings. The topological polar surface area (TPSA) is 9.23 Å². The van der Waals surface area contributed by atoms with Gasteiger partial charge in [0.15, 0.2) is 0 Å². The first-order chi connectivity index (χ1) is 5.49. The van der Waals surface area contributed by atoms with Crippen molar-refractivity contribution >= 4 is 0 Å². The molecule has 0 aromatic heterocycles. The molecule has 1 fully saturated rings. The second-order valence-corrected chi connectivity index (χ2v) is 4.67. The van der Waals surface area contributed by atoms with Gasteiger partial charge in [0, 0.05) is 0 Å². The highest BCUT2D eigenvalue weighted by molar-refractivity contribution is 5.15. The minimum absolute atomic E-state index is 0.448. The van der Waals surface area contributed by atoms with Gasteiger partial charge in [-0.05, 0) is 29.2 Å². The molecule has 12 heavy (non-hydrogen) atoms. The summed E-state index contributed by atoms with van der Waals surface area (Å²) < 4.78 is 5.08. The lowest BCUT2D eigenvalue weighted by Crippen LogP contribution is -2.17. The maximum absolute atomic E-state index is 5.08. The SMILES string of the molecule is COC=C1CC(C)(C)[C@@H](C)[C@H]1C. The quantitative estimate of drug-likeness (QED) is 0.546. The molecule has 0 aliphatic heterocycles. The van der Waals surface area contributed by atoms with Crippen molar-refractivity contribution in [3.05, 3.63) is 11.8 Å². The average Bonchev–Trinajstić information content (AvgIpc) is 2.16. The number of hydrogen-bond donors (Lipinski definition) is 0. The Kier molecular flexibility index (Phi) is 2.50. The van der Waals surface area contributed by atoms with Crippen molar-refractivity contribution in [2.24, 2.45) is 17.3 Å². The molecule has 1 aliphatic carbocycles. The van der Waals surface area contributed by atoms with Crippen LogP contribution < -0.4 is 0 Å². The summed E-state index contributed by atoms with van der Waals surface area (Å²) in [4.78, 5) is 0. The smallest absolute Gasteiger partial charge is 0.0819 e. The highest BCUT2D eigenvalue weighted by atomic mass is 16.5. The predicted octanol–water partition coefficient (Wildman–Crippen LogP) is 3.22. The molecule has 0 aromatic carbocycles. The number of ether oxygens (including phenoxy) is 1. The highest BCUT2D eigenvalue weighted by Gasteiger charge is 2.39. The first-order valence-corrected chi connectivity index (χ1v) is 4.71. The third kappa shape index (κ3) is 1.50. The molecule has 0 radical (unpaired) electrons. The van der Waals surface area contributed by atoms with E-state index in [1.165, 1.54) is 12.0 Å². The van der Waals surface area contributed by atoms with E-state index in [4.69, 9.17) is 4.74 Å². The van der Waals surface area contributed by atoms with Crippen molar-refractivity contribution < 1.29 is 4.74 Å². The number of allylic oxidation sites excluding steroid dienone is 1. The van der Waals surface area contributed by atoms with E-state index in [9.17, 15) is 0 Å². The average molecular weight is 168 g/mol. The van der Waals surface area contributed by atoms with Gasteiger partial charge in [0.05, 0.1) is 13.4 Å². The number of rotatable bonds is 1. The van der Waals surface area contributed by atoms with Gasteiger partial charge in [0.2, 0.25) is 0 Å². The molecule has 0 aromatic rings. The molecule has 0 unspecified atom stereocenters. The summed E-state index contributed by atoms with van der Waals surface area (Å²) in [5.74, 6) is 1.44. The first kappa shape index (κ1) is 9.63. The zero-order valence-electron chi connectivity index (χ0n) is 8.85. The van der Waals surface area contributed by atoms with Gasteiger partial charge in [-0.15, -0.1) is 0 Å². The molecule has 0 amide bonds. The van der Waals surface area contributed by atoms with Gasteiger partial charge in [-0.1, -0.05) is 27.7 Å². The Morgan fingerprint density at radius 1 is 1.42 bits per heavy atom. The lowest BCUT2D eigenvalue weighted by atomic mass is 9.81. The van der Waals surface area contributed by atoms with Crippen LogP contribution in [-0.2, 0) is 4.74 Å². The van der Waals surface area contributed by atoms with E-state index < -0.39 is 0 Å². The second kappa shape index (κ2) is 3.12. The van der Waals surface area contributed by atoms with Crippen LogP contribution in [0.25, 0.3) is 0 Å². The van der Waals surface area contributed by atoms with E-state index in [0.717, 1.165) is 5.92 Å². The van der Waals surface area contributed by atoms with Crippen molar-refractivity contribution in [3.63, 3.8) is 0 Å². The Morgan fingerprint density at radius 3 is 2.33 bits per heavy atom. The van der Waals surface area contributed by atoms with Crippen molar-refractivity contribution in [1.82, 2.24) is 0 Å². The Labute approximate surface area is 75.8 Å². The van der Waals surface area contributed by atoms with Gasteiger partial charge >= 0.3 is 0 Å². The zero-order valence-corrected chi connectivity index (χ0v) is 8.85. The number of hydrogen-bond acceptors (Lipinski definition) is 1. The lowest BCUT2D eigenvalue weighted by molar-refractivity contribution is 0.248. The highest BCUT2D eigenvalue weighted by Crippen LogP contribution is 2.48. The van der Waals surface area contributed by atoms with E-state index >= 15 is 0 Å². The zero-order chi connectivity index (χ0) is 9.35. The van der Waals surface area contributed by atoms with Gasteiger partial charge in [-0.2, -0.15) is 0 Å². The van der Waals surface area contributed by atoms with Crippen molar-refractivity contribution in [1.29, 1.82) is 0 Å². The van der Waals surface area contributed by atoms with Crippen LogP contribution in [0.3, 0.4) is 0 Å². The fourth-order valence-electron chi connectivity index (χ4n) is 2.15. The third-order valence-corrected chi connectivity index (χ3v) is 3.50. The summed E-state index contributed by atoms with van der Waals surface area (Å²) >= 11 is 0. The summed E-state index contributed by atoms with van der Waals surface area (Å²) in [5, 5.41) is 0. The van der Waals surface area contributed by atoms with Crippen molar-refractivity contribution in [2.75, 3.05) is 7.11 Å². The summed E-state index contributed by atoms with van der Waals surface area (Å²) in [6.45, 7) is 9.31. The molecular weight excluding hydrogens is 148 g/mol. The fourth-order valence-corrected chi connectivity index (χ4v) is 2.15. The van der Waals surface area contributed by atoms with Crippen molar-refractivity contribution in [3.8, 4) is 0 Å². The van der Waals surface area contributed by atoms with Gasteiger partial charge in [0.1, 0.15) is 0 Å². The van der Waals surface area contributed by atoms with Crippen LogP contribution in [-0.4, -0.2) is 7.11 Å². The molecule has 0 N–H and O–H groups in total. The van der Waals surface area contributed by atoms with Crippen LogP contribution in [0, 0.1) is 17.3 Å². The van der Waals surface area contributed by atoms with Gasteiger partial charge < -0.3 is 4.74 Å².